The van der Waals surface area contributed by atoms with Crippen molar-refractivity contribution in [3.63, 3.8) is 0 Å². The summed E-state index contributed by atoms with van der Waals surface area (Å²) >= 11 is 0. The molecule has 42 heavy (non-hydrogen) atoms. The second-order valence-corrected chi connectivity index (χ2v) is 10.2. The lowest BCUT2D eigenvalue weighted by atomic mass is 9.98. The van der Waals surface area contributed by atoms with Crippen molar-refractivity contribution >= 4 is 11.9 Å². The van der Waals surface area contributed by atoms with Crippen LogP contribution in [-0.4, -0.2) is 86.6 Å². The number of hydrogen-bond acceptors (Lipinski definition) is 10. The third-order valence-electron chi connectivity index (χ3n) is 6.84. The molecule has 3 rings (SSSR count). The van der Waals surface area contributed by atoms with E-state index < -0.39 is 24.2 Å². The molecule has 1 amide bonds. The number of nitrogens with zero attached hydrogens (tertiary/aromatic N) is 1. The van der Waals surface area contributed by atoms with Crippen molar-refractivity contribution in [3.05, 3.63) is 47.6 Å². The Morgan fingerprint density at radius 3 is 2.48 bits per heavy atom. The average Bonchev–Trinajstić information content (AvgIpc) is 2.97. The molecule has 0 radical (unpaired) electrons. The molecule has 1 fully saturated rings. The number of hydroxylamine groups is 1. The summed E-state index contributed by atoms with van der Waals surface area (Å²) in [5.41, 5.74) is 3.80. The lowest BCUT2D eigenvalue weighted by molar-refractivity contribution is -0.140. The Hall–Kier alpha value is -2.96. The van der Waals surface area contributed by atoms with E-state index in [9.17, 15) is 14.7 Å². The average molecular weight is 591 g/mol. The standard InChI is InChI=1S/C31H46N2O9/c1-4-37-21-39-27-18-24-17-25(32-41-20-29(35)33-15-7-6-8-16-33)12-10-14-26(34)13-9-11-23(3)42-31(36)30(24)28(19-27)40-22-38-5-2/h9-10,12-13,18-19,23,25-26,32,34H,4-8,11,14-17,20-22H2,1-3H3/b12-10+,13-9+/t23-,25?,26+/m1/s1. The molecule has 1 unspecified atom stereocenters. The van der Waals surface area contributed by atoms with Gasteiger partial charge in [0.15, 0.2) is 13.6 Å². The monoisotopic (exact) mass is 590 g/mol. The van der Waals surface area contributed by atoms with Gasteiger partial charge in [-0.2, -0.15) is 5.48 Å². The van der Waals surface area contributed by atoms with Gasteiger partial charge in [0, 0.05) is 38.8 Å². The largest absolute Gasteiger partial charge is 0.467 e. The Morgan fingerprint density at radius 1 is 1.02 bits per heavy atom. The number of rotatable bonds is 12. The second kappa shape index (κ2) is 18.6. The fourth-order valence-corrected chi connectivity index (χ4v) is 4.63. The number of fused-ring (bicyclic) bond motifs is 1. The van der Waals surface area contributed by atoms with E-state index in [1.165, 1.54) is 0 Å². The molecule has 234 valence electrons. The van der Waals surface area contributed by atoms with Gasteiger partial charge in [-0.05, 0) is 64.5 Å². The Kier molecular flexibility index (Phi) is 14.8. The van der Waals surface area contributed by atoms with Crippen LogP contribution < -0.4 is 15.0 Å². The molecule has 2 aliphatic rings. The first-order valence-corrected chi connectivity index (χ1v) is 14.9. The van der Waals surface area contributed by atoms with E-state index >= 15 is 0 Å². The summed E-state index contributed by atoms with van der Waals surface area (Å²) in [7, 11) is 0. The van der Waals surface area contributed by atoms with Crippen molar-refractivity contribution < 1.29 is 43.2 Å². The fraction of sp³-hybridized carbons (Fsp3) is 0.613. The van der Waals surface area contributed by atoms with E-state index in [0.717, 1.165) is 32.4 Å². The number of likely N-dealkylation sites (tertiary alicyclic amines) is 1. The first-order valence-electron chi connectivity index (χ1n) is 14.9. The normalized spacial score (nSPS) is 23.3. The van der Waals surface area contributed by atoms with E-state index in [1.807, 2.05) is 30.9 Å². The van der Waals surface area contributed by atoms with Gasteiger partial charge >= 0.3 is 5.97 Å². The number of hydrogen-bond donors (Lipinski definition) is 2. The SMILES string of the molecule is CCOCOc1cc2c(c(OCOCC)c1)C(=O)O[C@H](C)C/C=C/[C@H](O)C/C=C/C(NOCC(=O)N1CCCCC1)C2. The van der Waals surface area contributed by atoms with Crippen LogP contribution in [0.3, 0.4) is 0 Å². The highest BCUT2D eigenvalue weighted by Crippen LogP contribution is 2.32. The molecular weight excluding hydrogens is 544 g/mol. The van der Waals surface area contributed by atoms with Gasteiger partial charge in [-0.15, -0.1) is 0 Å². The van der Waals surface area contributed by atoms with Crippen molar-refractivity contribution in [3.8, 4) is 11.5 Å². The molecule has 3 atom stereocenters. The van der Waals surface area contributed by atoms with Gasteiger partial charge in [0.1, 0.15) is 29.8 Å². The molecule has 11 heteroatoms. The van der Waals surface area contributed by atoms with Crippen LogP contribution >= 0.6 is 0 Å². The number of carbonyl (C=O) groups is 2. The van der Waals surface area contributed by atoms with E-state index in [2.05, 4.69) is 5.48 Å². The van der Waals surface area contributed by atoms with E-state index in [4.69, 9.17) is 28.5 Å². The third kappa shape index (κ3) is 11.4. The summed E-state index contributed by atoms with van der Waals surface area (Å²) < 4.78 is 28.2. The topological polar surface area (TPSA) is 125 Å². The molecule has 2 aliphatic heterocycles. The van der Waals surface area contributed by atoms with Crippen molar-refractivity contribution in [1.82, 2.24) is 10.4 Å². The number of nitrogens with one attached hydrogen (secondary N) is 1. The molecule has 0 saturated carbocycles. The van der Waals surface area contributed by atoms with Gasteiger partial charge in [-0.1, -0.05) is 24.3 Å². The van der Waals surface area contributed by atoms with Crippen molar-refractivity contribution in [1.29, 1.82) is 0 Å². The number of ether oxygens (including phenoxy) is 5. The quantitative estimate of drug-likeness (QED) is 0.122. The Labute approximate surface area is 248 Å². The van der Waals surface area contributed by atoms with Crippen molar-refractivity contribution in [2.45, 2.75) is 77.5 Å². The van der Waals surface area contributed by atoms with Crippen LogP contribution in [0.1, 0.15) is 68.8 Å². The number of esters is 1. The van der Waals surface area contributed by atoms with Gasteiger partial charge in [0.25, 0.3) is 5.91 Å². The van der Waals surface area contributed by atoms with E-state index in [0.29, 0.717) is 37.4 Å². The number of carbonyl (C=O) groups excluding carboxylic acids is 2. The molecule has 2 heterocycles. The molecule has 1 aromatic rings. The van der Waals surface area contributed by atoms with Crippen molar-refractivity contribution in [2.24, 2.45) is 0 Å². The predicted molar refractivity (Wildman–Crippen MR) is 156 cm³/mol. The lowest BCUT2D eigenvalue weighted by Gasteiger charge is -2.27. The molecule has 0 aliphatic carbocycles. The van der Waals surface area contributed by atoms with Gasteiger partial charge in [0.2, 0.25) is 0 Å². The molecule has 0 spiro atoms. The van der Waals surface area contributed by atoms with Crippen LogP contribution in [0.2, 0.25) is 0 Å². The summed E-state index contributed by atoms with van der Waals surface area (Å²) in [6.07, 6.45) is 10.2. The zero-order valence-electron chi connectivity index (χ0n) is 25.0. The zero-order valence-corrected chi connectivity index (χ0v) is 25.0. The molecular formula is C31H46N2O9. The molecule has 11 nitrogen and oxygen atoms in total. The van der Waals surface area contributed by atoms with Crippen LogP contribution in [0, 0.1) is 0 Å². The number of aliphatic hydroxyl groups excluding tert-OH is 1. The van der Waals surface area contributed by atoms with E-state index in [-0.39, 0.29) is 43.8 Å². The number of aliphatic hydroxyl groups is 1. The smallest absolute Gasteiger partial charge is 0.342 e. The molecule has 1 saturated heterocycles. The Balaban J connectivity index is 1.92. The van der Waals surface area contributed by atoms with E-state index in [1.54, 1.807) is 31.2 Å². The molecule has 0 bridgehead atoms. The Morgan fingerprint density at radius 2 is 1.74 bits per heavy atom. The molecule has 1 aromatic carbocycles. The van der Waals surface area contributed by atoms with Gasteiger partial charge in [0.05, 0.1) is 12.1 Å². The van der Waals surface area contributed by atoms with Gasteiger partial charge in [-0.25, -0.2) is 4.79 Å². The number of benzene rings is 1. The van der Waals surface area contributed by atoms with Crippen LogP contribution in [-0.2, 0) is 30.3 Å². The minimum absolute atomic E-state index is 0.0230. The maximum Gasteiger partial charge on any atom is 0.342 e. The van der Waals surface area contributed by atoms with Crippen LogP contribution in [0.4, 0.5) is 0 Å². The highest BCUT2D eigenvalue weighted by molar-refractivity contribution is 5.94. The fourth-order valence-electron chi connectivity index (χ4n) is 4.63. The highest BCUT2D eigenvalue weighted by atomic mass is 16.7. The minimum Gasteiger partial charge on any atom is -0.467 e. The summed E-state index contributed by atoms with van der Waals surface area (Å²) in [6, 6.07) is 2.90. The first kappa shape index (κ1) is 33.5. The summed E-state index contributed by atoms with van der Waals surface area (Å²) in [5, 5.41) is 10.4. The zero-order chi connectivity index (χ0) is 30.2. The number of cyclic esters (lactones) is 1. The minimum atomic E-state index is -0.696. The third-order valence-corrected chi connectivity index (χ3v) is 6.84. The maximum absolute atomic E-state index is 13.6. The number of amides is 1. The number of piperidine rings is 1. The molecule has 2 N–H and O–H groups in total. The molecule has 0 aromatic heterocycles. The summed E-state index contributed by atoms with van der Waals surface area (Å²) in [4.78, 5) is 33.7. The summed E-state index contributed by atoms with van der Waals surface area (Å²) in [5.74, 6) is 0.0590. The second-order valence-electron chi connectivity index (χ2n) is 10.2. The summed E-state index contributed by atoms with van der Waals surface area (Å²) in [6.45, 7) is 7.73. The predicted octanol–water partition coefficient (Wildman–Crippen LogP) is 3.69. The lowest BCUT2D eigenvalue weighted by Crippen LogP contribution is -2.40. The van der Waals surface area contributed by atoms with Crippen LogP contribution in [0.25, 0.3) is 0 Å². The Bertz CT molecular complexity index is 1040. The van der Waals surface area contributed by atoms with Crippen molar-refractivity contribution in [2.75, 3.05) is 46.5 Å². The van der Waals surface area contributed by atoms with Crippen LogP contribution in [0.5, 0.6) is 11.5 Å². The highest BCUT2D eigenvalue weighted by Gasteiger charge is 2.25. The van der Waals surface area contributed by atoms with Crippen LogP contribution in [0.15, 0.2) is 36.4 Å². The van der Waals surface area contributed by atoms with Gasteiger partial charge < -0.3 is 33.7 Å². The first-order chi connectivity index (χ1) is 20.4. The maximum atomic E-state index is 13.6. The van der Waals surface area contributed by atoms with Gasteiger partial charge in [-0.3, -0.25) is 9.63 Å².